The molecule has 0 saturated heterocycles. The van der Waals surface area contributed by atoms with Gasteiger partial charge in [0.2, 0.25) is 0 Å². The number of amides is 2. The first-order valence-electron chi connectivity index (χ1n) is 9.15. The Morgan fingerprint density at radius 2 is 1.42 bits per heavy atom. The van der Waals surface area contributed by atoms with Crippen molar-refractivity contribution < 1.29 is 4.79 Å². The van der Waals surface area contributed by atoms with E-state index in [1.165, 1.54) is 11.1 Å². The Kier molecular flexibility index (Phi) is 6.43. The van der Waals surface area contributed by atoms with Crippen molar-refractivity contribution in [3.63, 3.8) is 0 Å². The summed E-state index contributed by atoms with van der Waals surface area (Å²) in [5, 5.41) is 6.48. The number of urea groups is 1. The van der Waals surface area contributed by atoms with E-state index in [9.17, 15) is 4.79 Å². The number of hydrogen-bond donors (Lipinski definition) is 3. The van der Waals surface area contributed by atoms with Crippen molar-refractivity contribution in [3.05, 3.63) is 71.8 Å². The third-order valence-electron chi connectivity index (χ3n) is 4.90. The molecule has 0 fully saturated rings. The number of carbonyl (C=O) groups excluding carboxylic acids is 1. The molecule has 0 saturated carbocycles. The van der Waals surface area contributed by atoms with Gasteiger partial charge in [-0.3, -0.25) is 0 Å². The molecule has 4 N–H and O–H groups in total. The van der Waals surface area contributed by atoms with E-state index >= 15 is 0 Å². The number of benzene rings is 2. The van der Waals surface area contributed by atoms with Crippen molar-refractivity contribution in [2.45, 2.75) is 38.6 Å². The third kappa shape index (κ3) is 4.85. The van der Waals surface area contributed by atoms with Crippen LogP contribution in [0.4, 0.5) is 4.79 Å². The molecule has 0 bridgehead atoms. The first kappa shape index (κ1) is 20.0. The summed E-state index contributed by atoms with van der Waals surface area (Å²) in [6.45, 7) is 9.97. The predicted molar refractivity (Wildman–Crippen MR) is 108 cm³/mol. The van der Waals surface area contributed by atoms with Gasteiger partial charge in [-0.1, -0.05) is 67.6 Å². The number of nitrogens with one attached hydrogen (secondary N) is 2. The molecule has 1 atom stereocenters. The first-order valence-corrected chi connectivity index (χ1v) is 9.15. The molecule has 2 aromatic rings. The zero-order chi connectivity index (χ0) is 19.2. The highest BCUT2D eigenvalue weighted by molar-refractivity contribution is 5.72. The van der Waals surface area contributed by atoms with Crippen LogP contribution >= 0.6 is 0 Å². The first-order chi connectivity index (χ1) is 12.3. The Morgan fingerprint density at radius 1 is 0.962 bits per heavy atom. The summed E-state index contributed by atoms with van der Waals surface area (Å²) in [5.74, 6) is 0.221. The molecule has 4 heteroatoms. The maximum Gasteiger partial charge on any atom is 0.312 e. The molecule has 2 rings (SSSR count). The second-order valence-corrected chi connectivity index (χ2v) is 7.95. The molecule has 0 aromatic heterocycles. The van der Waals surface area contributed by atoms with Gasteiger partial charge in [0.15, 0.2) is 0 Å². The molecule has 0 spiro atoms. The fraction of sp³-hybridized carbons (Fsp3) is 0.409. The molecule has 2 aromatic carbocycles. The fourth-order valence-electron chi connectivity index (χ4n) is 3.45. The molecule has 2 amide bonds. The van der Waals surface area contributed by atoms with Crippen molar-refractivity contribution in [1.82, 2.24) is 10.6 Å². The second kappa shape index (κ2) is 8.37. The van der Waals surface area contributed by atoms with Crippen LogP contribution in [0, 0.1) is 5.92 Å². The number of carbonyl (C=O) groups is 1. The summed E-state index contributed by atoms with van der Waals surface area (Å²) in [5.41, 5.74) is 7.41. The molecule has 1 unspecified atom stereocenters. The van der Waals surface area contributed by atoms with Crippen LogP contribution in [0.5, 0.6) is 0 Å². The smallest absolute Gasteiger partial charge is 0.312 e. The minimum atomic E-state index is -0.503. The van der Waals surface area contributed by atoms with Crippen LogP contribution < -0.4 is 16.4 Å². The van der Waals surface area contributed by atoms with Crippen molar-refractivity contribution in [1.29, 1.82) is 0 Å². The summed E-state index contributed by atoms with van der Waals surface area (Å²) < 4.78 is 0. The van der Waals surface area contributed by atoms with Crippen LogP contribution in [0.25, 0.3) is 0 Å². The highest BCUT2D eigenvalue weighted by Gasteiger charge is 2.40. The summed E-state index contributed by atoms with van der Waals surface area (Å²) in [4.78, 5) is 11.5. The summed E-state index contributed by atoms with van der Waals surface area (Å²) >= 11 is 0. The van der Waals surface area contributed by atoms with Gasteiger partial charge >= 0.3 is 6.03 Å². The van der Waals surface area contributed by atoms with Gasteiger partial charge in [-0.05, 0) is 44.4 Å². The van der Waals surface area contributed by atoms with Crippen LogP contribution in [-0.2, 0) is 5.41 Å². The Bertz CT molecular complexity index is 653. The molecule has 0 aliphatic heterocycles. The van der Waals surface area contributed by atoms with Crippen molar-refractivity contribution in [2.75, 3.05) is 13.1 Å². The molecule has 0 radical (unpaired) electrons. The van der Waals surface area contributed by atoms with E-state index in [1.807, 2.05) is 36.4 Å². The van der Waals surface area contributed by atoms with Gasteiger partial charge in [-0.25, -0.2) is 4.79 Å². The van der Waals surface area contributed by atoms with Crippen LogP contribution in [0.15, 0.2) is 60.7 Å². The highest BCUT2D eigenvalue weighted by Crippen LogP contribution is 2.39. The molecule has 4 nitrogen and oxygen atoms in total. The Morgan fingerprint density at radius 3 is 1.81 bits per heavy atom. The Balaban J connectivity index is 2.54. The van der Waals surface area contributed by atoms with Gasteiger partial charge < -0.3 is 16.4 Å². The van der Waals surface area contributed by atoms with Crippen LogP contribution in [0.2, 0.25) is 0 Å². The average molecular weight is 354 g/mol. The summed E-state index contributed by atoms with van der Waals surface area (Å²) in [6.07, 6.45) is 0. The van der Waals surface area contributed by atoms with E-state index in [0.29, 0.717) is 6.54 Å². The van der Waals surface area contributed by atoms with E-state index < -0.39 is 6.03 Å². The van der Waals surface area contributed by atoms with Gasteiger partial charge in [0.25, 0.3) is 0 Å². The maximum absolute atomic E-state index is 11.5. The molecular formula is C22H31N3O. The molecule has 0 aliphatic rings. The van der Waals surface area contributed by atoms with Gasteiger partial charge in [0, 0.05) is 17.5 Å². The Labute approximate surface area is 157 Å². The van der Waals surface area contributed by atoms with Crippen molar-refractivity contribution >= 4 is 6.03 Å². The monoisotopic (exact) mass is 353 g/mol. The van der Waals surface area contributed by atoms with Gasteiger partial charge in [0.05, 0.1) is 0 Å². The topological polar surface area (TPSA) is 67.2 Å². The summed E-state index contributed by atoms with van der Waals surface area (Å²) in [6, 6.07) is 20.2. The van der Waals surface area contributed by atoms with E-state index in [0.717, 1.165) is 6.54 Å². The van der Waals surface area contributed by atoms with Crippen LogP contribution in [0.3, 0.4) is 0 Å². The molecule has 0 heterocycles. The predicted octanol–water partition coefficient (Wildman–Crippen LogP) is 3.67. The van der Waals surface area contributed by atoms with Gasteiger partial charge in [0.1, 0.15) is 0 Å². The van der Waals surface area contributed by atoms with Crippen LogP contribution in [-0.4, -0.2) is 24.7 Å². The molecule has 0 aliphatic carbocycles. The lowest BCUT2D eigenvalue weighted by atomic mass is 9.66. The third-order valence-corrected chi connectivity index (χ3v) is 4.90. The lowest BCUT2D eigenvalue weighted by Gasteiger charge is -2.41. The normalized spacial score (nSPS) is 13.2. The largest absolute Gasteiger partial charge is 0.352 e. The van der Waals surface area contributed by atoms with E-state index in [4.69, 9.17) is 5.73 Å². The number of nitrogens with two attached hydrogens (primary N) is 1. The second-order valence-electron chi connectivity index (χ2n) is 7.95. The van der Waals surface area contributed by atoms with Crippen molar-refractivity contribution in [3.8, 4) is 0 Å². The van der Waals surface area contributed by atoms with Gasteiger partial charge in [-0.2, -0.15) is 0 Å². The molecule has 26 heavy (non-hydrogen) atoms. The zero-order valence-electron chi connectivity index (χ0n) is 16.3. The average Bonchev–Trinajstić information content (AvgIpc) is 2.61. The molecular weight excluding hydrogens is 322 g/mol. The highest BCUT2D eigenvalue weighted by atomic mass is 16.2. The summed E-state index contributed by atoms with van der Waals surface area (Å²) in [7, 11) is 0. The number of rotatable bonds is 7. The van der Waals surface area contributed by atoms with E-state index in [2.05, 4.69) is 62.6 Å². The van der Waals surface area contributed by atoms with Crippen molar-refractivity contribution in [2.24, 2.45) is 11.7 Å². The number of hydrogen-bond acceptors (Lipinski definition) is 2. The number of primary amides is 1. The fourth-order valence-corrected chi connectivity index (χ4v) is 3.45. The standard InChI is InChI=1S/C22H31N3O/c1-17(15-25-21(2,3)4)22(16-24-20(23)26,18-11-7-5-8-12-18)19-13-9-6-10-14-19/h5-14,17,25H,15-16H2,1-4H3,(H3,23,24,26). The van der Waals surface area contributed by atoms with Gasteiger partial charge in [-0.15, -0.1) is 0 Å². The maximum atomic E-state index is 11.5. The Hall–Kier alpha value is -2.33. The molecule has 140 valence electrons. The quantitative estimate of drug-likeness (QED) is 0.711. The lowest BCUT2D eigenvalue weighted by Crippen LogP contribution is -2.51. The lowest BCUT2D eigenvalue weighted by molar-refractivity contribution is 0.239. The van der Waals surface area contributed by atoms with E-state index in [1.54, 1.807) is 0 Å². The minimum Gasteiger partial charge on any atom is -0.352 e. The zero-order valence-corrected chi connectivity index (χ0v) is 16.3. The minimum absolute atomic E-state index is 0.0183. The SMILES string of the molecule is CC(CNC(C)(C)C)C(CNC(N)=O)(c1ccccc1)c1ccccc1. The van der Waals surface area contributed by atoms with Crippen LogP contribution in [0.1, 0.15) is 38.8 Å². The van der Waals surface area contributed by atoms with E-state index in [-0.39, 0.29) is 16.9 Å².